The standard InChI is InChI=1S/C24H22N8O4/c1-35-20-11-8-18(9-12-20)27-23-28-22(26-17-6-4-3-5-7-17)29-24(30-23)31-25-15-16-14-19(32(33)34)10-13-21(16)36-2/h3-15H,1-2H3,(H3,26,27,28,29,30,31). The predicted octanol–water partition coefficient (Wildman–Crippen LogP) is 4.73. The topological polar surface area (TPSA) is 149 Å². The highest BCUT2D eigenvalue weighted by atomic mass is 16.6. The van der Waals surface area contributed by atoms with Gasteiger partial charge in [0, 0.05) is 29.1 Å². The van der Waals surface area contributed by atoms with Gasteiger partial charge in [-0.2, -0.15) is 20.1 Å². The summed E-state index contributed by atoms with van der Waals surface area (Å²) in [6.45, 7) is 0. The molecule has 0 spiro atoms. The zero-order valence-electron chi connectivity index (χ0n) is 19.4. The lowest BCUT2D eigenvalue weighted by Crippen LogP contribution is -2.07. The van der Waals surface area contributed by atoms with E-state index in [0.717, 1.165) is 17.1 Å². The molecule has 4 rings (SSSR count). The van der Waals surface area contributed by atoms with E-state index in [1.807, 2.05) is 54.6 Å². The van der Waals surface area contributed by atoms with Crippen molar-refractivity contribution in [2.75, 3.05) is 30.3 Å². The summed E-state index contributed by atoms with van der Waals surface area (Å²) in [6.07, 6.45) is 1.39. The number of methoxy groups -OCH3 is 2. The van der Waals surface area contributed by atoms with Crippen molar-refractivity contribution in [3.8, 4) is 11.5 Å². The summed E-state index contributed by atoms with van der Waals surface area (Å²) in [7, 11) is 3.06. The van der Waals surface area contributed by atoms with Crippen LogP contribution < -0.4 is 25.5 Å². The molecule has 0 amide bonds. The van der Waals surface area contributed by atoms with Crippen LogP contribution in [-0.4, -0.2) is 40.3 Å². The molecule has 0 saturated carbocycles. The average Bonchev–Trinajstić information content (AvgIpc) is 2.89. The molecule has 182 valence electrons. The molecule has 0 atom stereocenters. The van der Waals surface area contributed by atoms with Gasteiger partial charge in [-0.05, 0) is 42.5 Å². The zero-order valence-corrected chi connectivity index (χ0v) is 19.4. The van der Waals surface area contributed by atoms with Gasteiger partial charge in [0.15, 0.2) is 0 Å². The van der Waals surface area contributed by atoms with Crippen molar-refractivity contribution in [1.29, 1.82) is 0 Å². The summed E-state index contributed by atoms with van der Waals surface area (Å²) in [5.41, 5.74) is 4.60. The maximum atomic E-state index is 11.1. The summed E-state index contributed by atoms with van der Waals surface area (Å²) < 4.78 is 10.4. The molecule has 12 heteroatoms. The molecule has 0 saturated heterocycles. The largest absolute Gasteiger partial charge is 0.497 e. The van der Waals surface area contributed by atoms with Crippen LogP contribution in [-0.2, 0) is 0 Å². The van der Waals surface area contributed by atoms with Gasteiger partial charge in [0.1, 0.15) is 11.5 Å². The quantitative estimate of drug-likeness (QED) is 0.163. The first kappa shape index (κ1) is 23.9. The third-order valence-corrected chi connectivity index (χ3v) is 4.80. The molecular weight excluding hydrogens is 464 g/mol. The van der Waals surface area contributed by atoms with E-state index in [9.17, 15) is 10.1 Å². The molecule has 0 aliphatic heterocycles. The van der Waals surface area contributed by atoms with Gasteiger partial charge >= 0.3 is 0 Å². The molecule has 1 heterocycles. The van der Waals surface area contributed by atoms with E-state index in [0.29, 0.717) is 11.3 Å². The first-order valence-corrected chi connectivity index (χ1v) is 10.6. The van der Waals surface area contributed by atoms with Crippen LogP contribution in [0.4, 0.5) is 34.9 Å². The highest BCUT2D eigenvalue weighted by molar-refractivity contribution is 5.85. The molecule has 0 aliphatic carbocycles. The van der Waals surface area contributed by atoms with Crippen LogP contribution in [0.15, 0.2) is 77.9 Å². The van der Waals surface area contributed by atoms with E-state index in [1.54, 1.807) is 7.11 Å². The lowest BCUT2D eigenvalue weighted by molar-refractivity contribution is -0.384. The van der Waals surface area contributed by atoms with E-state index >= 15 is 0 Å². The predicted molar refractivity (Wildman–Crippen MR) is 137 cm³/mol. The minimum atomic E-state index is -0.491. The number of hydrogen-bond donors (Lipinski definition) is 3. The Morgan fingerprint density at radius 2 is 1.47 bits per heavy atom. The number of anilines is 5. The lowest BCUT2D eigenvalue weighted by Gasteiger charge is -2.10. The second-order valence-electron chi connectivity index (χ2n) is 7.20. The average molecular weight is 486 g/mol. The van der Waals surface area contributed by atoms with Crippen LogP contribution in [0.3, 0.4) is 0 Å². The second kappa shape index (κ2) is 11.2. The lowest BCUT2D eigenvalue weighted by atomic mass is 10.2. The Morgan fingerprint density at radius 3 is 2.08 bits per heavy atom. The number of benzene rings is 3. The highest BCUT2D eigenvalue weighted by Gasteiger charge is 2.11. The third kappa shape index (κ3) is 6.20. The Bertz CT molecular complexity index is 1360. The summed E-state index contributed by atoms with van der Waals surface area (Å²) >= 11 is 0. The first-order chi connectivity index (χ1) is 17.5. The van der Waals surface area contributed by atoms with E-state index in [1.165, 1.54) is 31.5 Å². The molecule has 0 unspecified atom stereocenters. The van der Waals surface area contributed by atoms with Crippen molar-refractivity contribution >= 4 is 41.1 Å². The van der Waals surface area contributed by atoms with Crippen molar-refractivity contribution in [2.45, 2.75) is 0 Å². The van der Waals surface area contributed by atoms with Gasteiger partial charge in [-0.15, -0.1) is 0 Å². The minimum Gasteiger partial charge on any atom is -0.497 e. The van der Waals surface area contributed by atoms with Gasteiger partial charge in [-0.3, -0.25) is 10.1 Å². The molecule has 0 radical (unpaired) electrons. The van der Waals surface area contributed by atoms with Gasteiger partial charge < -0.3 is 20.1 Å². The van der Waals surface area contributed by atoms with Crippen LogP contribution in [0, 0.1) is 10.1 Å². The number of rotatable bonds is 10. The Labute approximate surface area is 206 Å². The number of non-ortho nitro benzene ring substituents is 1. The minimum absolute atomic E-state index is 0.0854. The smallest absolute Gasteiger partial charge is 0.270 e. The fourth-order valence-electron chi connectivity index (χ4n) is 3.09. The third-order valence-electron chi connectivity index (χ3n) is 4.80. The van der Waals surface area contributed by atoms with E-state index in [-0.39, 0.29) is 23.5 Å². The monoisotopic (exact) mass is 486 g/mol. The zero-order chi connectivity index (χ0) is 25.3. The van der Waals surface area contributed by atoms with Gasteiger partial charge in [0.05, 0.1) is 25.4 Å². The Hall–Kier alpha value is -5.26. The number of aromatic nitrogens is 3. The molecule has 12 nitrogen and oxygen atoms in total. The molecule has 3 aromatic carbocycles. The number of hydrogen-bond acceptors (Lipinski definition) is 11. The molecule has 0 bridgehead atoms. The number of ether oxygens (including phenoxy) is 2. The number of nitrogens with zero attached hydrogens (tertiary/aromatic N) is 5. The summed E-state index contributed by atoms with van der Waals surface area (Å²) in [5, 5.41) is 21.5. The highest BCUT2D eigenvalue weighted by Crippen LogP contribution is 2.23. The van der Waals surface area contributed by atoms with Crippen molar-refractivity contribution in [3.05, 3.63) is 88.5 Å². The SMILES string of the molecule is COc1ccc(Nc2nc(NN=Cc3cc([N+](=O)[O-])ccc3OC)nc(Nc3ccccc3)n2)cc1. The van der Waals surface area contributed by atoms with Crippen molar-refractivity contribution in [3.63, 3.8) is 0 Å². The first-order valence-electron chi connectivity index (χ1n) is 10.6. The maximum absolute atomic E-state index is 11.1. The van der Waals surface area contributed by atoms with Gasteiger partial charge in [0.25, 0.3) is 5.69 Å². The molecule has 4 aromatic rings. The number of para-hydroxylation sites is 1. The fraction of sp³-hybridized carbons (Fsp3) is 0.0833. The van der Waals surface area contributed by atoms with Crippen LogP contribution >= 0.6 is 0 Å². The number of hydrazone groups is 1. The van der Waals surface area contributed by atoms with Gasteiger partial charge in [-0.25, -0.2) is 5.43 Å². The second-order valence-corrected chi connectivity index (χ2v) is 7.20. The molecule has 1 aromatic heterocycles. The fourth-order valence-corrected chi connectivity index (χ4v) is 3.09. The summed E-state index contributed by atoms with van der Waals surface area (Å²) in [6, 6.07) is 20.9. The molecular formula is C24H22N8O4. The molecule has 3 N–H and O–H groups in total. The summed E-state index contributed by atoms with van der Waals surface area (Å²) in [4.78, 5) is 23.8. The van der Waals surface area contributed by atoms with Crippen LogP contribution in [0.2, 0.25) is 0 Å². The Morgan fingerprint density at radius 1 is 0.833 bits per heavy atom. The number of nitro benzene ring substituents is 1. The number of nitro groups is 1. The number of nitrogens with one attached hydrogen (secondary N) is 3. The van der Waals surface area contributed by atoms with Crippen LogP contribution in [0.5, 0.6) is 11.5 Å². The van der Waals surface area contributed by atoms with E-state index in [4.69, 9.17) is 9.47 Å². The van der Waals surface area contributed by atoms with Gasteiger partial charge in [0.2, 0.25) is 17.8 Å². The van der Waals surface area contributed by atoms with Gasteiger partial charge in [-0.1, -0.05) is 18.2 Å². The molecule has 0 aliphatic rings. The maximum Gasteiger partial charge on any atom is 0.270 e. The Kier molecular flexibility index (Phi) is 7.46. The van der Waals surface area contributed by atoms with Crippen molar-refractivity contribution in [1.82, 2.24) is 15.0 Å². The Balaban J connectivity index is 1.60. The van der Waals surface area contributed by atoms with Crippen molar-refractivity contribution < 1.29 is 14.4 Å². The van der Waals surface area contributed by atoms with E-state index in [2.05, 4.69) is 36.1 Å². The summed E-state index contributed by atoms with van der Waals surface area (Å²) in [5.74, 6) is 1.82. The molecule has 0 fully saturated rings. The van der Waals surface area contributed by atoms with Crippen LogP contribution in [0.1, 0.15) is 5.56 Å². The van der Waals surface area contributed by atoms with Crippen LogP contribution in [0.25, 0.3) is 0 Å². The normalized spacial score (nSPS) is 10.6. The van der Waals surface area contributed by atoms with Crippen molar-refractivity contribution in [2.24, 2.45) is 5.10 Å². The van der Waals surface area contributed by atoms with E-state index < -0.39 is 4.92 Å². The molecule has 36 heavy (non-hydrogen) atoms.